The van der Waals surface area contributed by atoms with Crippen LogP contribution in [-0.2, 0) is 0 Å². The first-order valence-electron chi connectivity index (χ1n) is 5.90. The minimum absolute atomic E-state index is 0.0738. The van der Waals surface area contributed by atoms with E-state index in [0.29, 0.717) is 0 Å². The molecule has 0 spiro atoms. The van der Waals surface area contributed by atoms with Crippen LogP contribution in [-0.4, -0.2) is 29.8 Å². The number of benzene rings is 1. The summed E-state index contributed by atoms with van der Waals surface area (Å²) in [6.07, 6.45) is 0. The Balaban J connectivity index is 2.63. The first-order chi connectivity index (χ1) is 8.32. The van der Waals surface area contributed by atoms with Crippen molar-refractivity contribution < 1.29 is 9.90 Å². The van der Waals surface area contributed by atoms with E-state index in [0.717, 1.165) is 11.4 Å². The summed E-state index contributed by atoms with van der Waals surface area (Å²) in [5, 5.41) is 18.2. The van der Waals surface area contributed by atoms with E-state index in [4.69, 9.17) is 0 Å². The predicted molar refractivity (Wildman–Crippen MR) is 73.9 cm³/mol. The highest BCUT2D eigenvalue weighted by Crippen LogP contribution is 2.18. The van der Waals surface area contributed by atoms with Gasteiger partial charge >= 0.3 is 6.03 Å². The number of urea groups is 1. The average Bonchev–Trinajstić information content (AvgIpc) is 2.30. The maximum absolute atomic E-state index is 11.1. The van der Waals surface area contributed by atoms with Crippen LogP contribution in [0.25, 0.3) is 0 Å². The lowest BCUT2D eigenvalue weighted by Gasteiger charge is -2.27. The maximum Gasteiger partial charge on any atom is 0.318 e. The van der Waals surface area contributed by atoms with Crippen LogP contribution in [0.15, 0.2) is 24.3 Å². The Kier molecular flexibility index (Phi) is 4.55. The number of nitrogens with one attached hydrogen (secondary N) is 3. The van der Waals surface area contributed by atoms with Crippen LogP contribution in [0.2, 0.25) is 0 Å². The SMILES string of the molecule is CNC(=O)Nc1ccc(NC(C)C(C)(C)O)cc1. The van der Waals surface area contributed by atoms with Crippen molar-refractivity contribution in [1.29, 1.82) is 0 Å². The number of amides is 2. The highest BCUT2D eigenvalue weighted by atomic mass is 16.3. The number of carbonyl (C=O) groups is 1. The van der Waals surface area contributed by atoms with E-state index in [1.54, 1.807) is 33.0 Å². The van der Waals surface area contributed by atoms with Gasteiger partial charge in [-0.2, -0.15) is 0 Å². The predicted octanol–water partition coefficient (Wildman–Crippen LogP) is 2.01. The molecular weight excluding hydrogens is 230 g/mol. The third-order valence-corrected chi connectivity index (χ3v) is 2.81. The summed E-state index contributed by atoms with van der Waals surface area (Å²) in [6, 6.07) is 6.99. The Morgan fingerprint density at radius 2 is 1.72 bits per heavy atom. The van der Waals surface area contributed by atoms with Gasteiger partial charge in [0.1, 0.15) is 0 Å². The summed E-state index contributed by atoms with van der Waals surface area (Å²) in [5.41, 5.74) is 0.821. The van der Waals surface area contributed by atoms with Gasteiger partial charge in [0.25, 0.3) is 0 Å². The largest absolute Gasteiger partial charge is 0.388 e. The van der Waals surface area contributed by atoms with Gasteiger partial charge in [0.15, 0.2) is 0 Å². The van der Waals surface area contributed by atoms with Gasteiger partial charge in [-0.25, -0.2) is 4.79 Å². The number of hydrogen-bond acceptors (Lipinski definition) is 3. The molecular formula is C13H21N3O2. The molecule has 0 saturated heterocycles. The fourth-order valence-corrected chi connectivity index (χ4v) is 1.27. The highest BCUT2D eigenvalue weighted by molar-refractivity contribution is 5.89. The highest BCUT2D eigenvalue weighted by Gasteiger charge is 2.21. The Hall–Kier alpha value is -1.75. The van der Waals surface area contributed by atoms with Gasteiger partial charge in [0, 0.05) is 18.4 Å². The van der Waals surface area contributed by atoms with E-state index in [9.17, 15) is 9.90 Å². The summed E-state index contributed by atoms with van der Waals surface area (Å²) in [7, 11) is 1.57. The lowest BCUT2D eigenvalue weighted by atomic mass is 10.0. The van der Waals surface area contributed by atoms with Crippen LogP contribution in [0, 0.1) is 0 Å². The molecule has 0 fully saturated rings. The van der Waals surface area contributed by atoms with Crippen molar-refractivity contribution in [3.05, 3.63) is 24.3 Å². The molecule has 0 bridgehead atoms. The van der Waals surface area contributed by atoms with Crippen molar-refractivity contribution in [3.8, 4) is 0 Å². The van der Waals surface area contributed by atoms with Crippen LogP contribution in [0.4, 0.5) is 16.2 Å². The second-order valence-electron chi connectivity index (χ2n) is 4.80. The Morgan fingerprint density at radius 3 is 2.17 bits per heavy atom. The van der Waals surface area contributed by atoms with Gasteiger partial charge in [-0.3, -0.25) is 0 Å². The second kappa shape index (κ2) is 5.73. The maximum atomic E-state index is 11.1. The van der Waals surface area contributed by atoms with Crippen molar-refractivity contribution in [2.24, 2.45) is 0 Å². The zero-order valence-corrected chi connectivity index (χ0v) is 11.2. The van der Waals surface area contributed by atoms with Gasteiger partial charge in [0.2, 0.25) is 0 Å². The molecule has 1 atom stereocenters. The number of aliphatic hydroxyl groups is 1. The molecule has 0 aliphatic heterocycles. The lowest BCUT2D eigenvalue weighted by molar-refractivity contribution is 0.0649. The zero-order valence-electron chi connectivity index (χ0n) is 11.2. The third-order valence-electron chi connectivity index (χ3n) is 2.81. The molecule has 100 valence electrons. The first-order valence-corrected chi connectivity index (χ1v) is 5.90. The molecule has 0 aromatic heterocycles. The minimum Gasteiger partial charge on any atom is -0.388 e. The van der Waals surface area contributed by atoms with Crippen molar-refractivity contribution in [3.63, 3.8) is 0 Å². The van der Waals surface area contributed by atoms with Crippen molar-refractivity contribution in [2.75, 3.05) is 17.7 Å². The van der Waals surface area contributed by atoms with E-state index in [2.05, 4.69) is 16.0 Å². The molecule has 0 aliphatic rings. The van der Waals surface area contributed by atoms with Gasteiger partial charge in [-0.05, 0) is 45.0 Å². The van der Waals surface area contributed by atoms with E-state index < -0.39 is 5.60 Å². The van der Waals surface area contributed by atoms with E-state index >= 15 is 0 Å². The van der Waals surface area contributed by atoms with Gasteiger partial charge < -0.3 is 21.1 Å². The number of hydrogen-bond donors (Lipinski definition) is 4. The van der Waals surface area contributed by atoms with E-state index in [1.165, 1.54) is 0 Å². The molecule has 2 amide bonds. The van der Waals surface area contributed by atoms with Crippen LogP contribution >= 0.6 is 0 Å². The number of carbonyl (C=O) groups excluding carboxylic acids is 1. The topological polar surface area (TPSA) is 73.4 Å². The normalized spacial score (nSPS) is 12.7. The zero-order chi connectivity index (χ0) is 13.8. The van der Waals surface area contributed by atoms with Crippen molar-refractivity contribution in [1.82, 2.24) is 5.32 Å². The minimum atomic E-state index is -0.793. The summed E-state index contributed by atoms with van der Waals surface area (Å²) >= 11 is 0. The quantitative estimate of drug-likeness (QED) is 0.661. The van der Waals surface area contributed by atoms with Crippen molar-refractivity contribution >= 4 is 17.4 Å². The number of rotatable bonds is 4. The summed E-state index contributed by atoms with van der Waals surface area (Å²) < 4.78 is 0. The Bertz CT molecular complexity index is 396. The summed E-state index contributed by atoms with van der Waals surface area (Å²) in [5.74, 6) is 0. The molecule has 18 heavy (non-hydrogen) atoms. The summed E-state index contributed by atoms with van der Waals surface area (Å²) in [6.45, 7) is 5.43. The summed E-state index contributed by atoms with van der Waals surface area (Å²) in [4.78, 5) is 11.1. The van der Waals surface area contributed by atoms with E-state index in [1.807, 2.05) is 19.1 Å². The lowest BCUT2D eigenvalue weighted by Crippen LogP contribution is -2.39. The second-order valence-corrected chi connectivity index (χ2v) is 4.80. The van der Waals surface area contributed by atoms with E-state index in [-0.39, 0.29) is 12.1 Å². The molecule has 1 aromatic carbocycles. The smallest absolute Gasteiger partial charge is 0.318 e. The van der Waals surface area contributed by atoms with Crippen LogP contribution in [0.1, 0.15) is 20.8 Å². The first kappa shape index (κ1) is 14.3. The van der Waals surface area contributed by atoms with Crippen LogP contribution < -0.4 is 16.0 Å². The average molecular weight is 251 g/mol. The standard InChI is InChI=1S/C13H21N3O2/c1-9(13(2,3)18)15-10-5-7-11(8-6-10)16-12(17)14-4/h5-9,15,18H,1-4H3,(H2,14,16,17). The van der Waals surface area contributed by atoms with Gasteiger partial charge in [-0.15, -0.1) is 0 Å². The van der Waals surface area contributed by atoms with Crippen LogP contribution in [0.5, 0.6) is 0 Å². The molecule has 0 aliphatic carbocycles. The third kappa shape index (κ3) is 4.25. The molecule has 0 saturated carbocycles. The molecule has 1 unspecified atom stereocenters. The molecule has 5 nitrogen and oxygen atoms in total. The van der Waals surface area contributed by atoms with Gasteiger partial charge in [0.05, 0.1) is 11.6 Å². The van der Waals surface area contributed by atoms with Crippen molar-refractivity contribution in [2.45, 2.75) is 32.4 Å². The molecule has 0 radical (unpaired) electrons. The molecule has 4 N–H and O–H groups in total. The molecule has 1 rings (SSSR count). The molecule has 5 heteroatoms. The number of anilines is 2. The fourth-order valence-electron chi connectivity index (χ4n) is 1.27. The van der Waals surface area contributed by atoms with Crippen LogP contribution in [0.3, 0.4) is 0 Å². The molecule has 1 aromatic rings. The Labute approximate surface area is 108 Å². The Morgan fingerprint density at radius 1 is 1.22 bits per heavy atom. The monoisotopic (exact) mass is 251 g/mol. The molecule has 0 heterocycles. The van der Waals surface area contributed by atoms with Gasteiger partial charge in [-0.1, -0.05) is 0 Å². The fraction of sp³-hybridized carbons (Fsp3) is 0.462.